The Morgan fingerprint density at radius 3 is 1.08 bits per heavy atom. The van der Waals surface area contributed by atoms with E-state index in [1.54, 1.807) is 0 Å². The van der Waals surface area contributed by atoms with Crippen LogP contribution in [0.25, 0.3) is 0 Å². The van der Waals surface area contributed by atoms with Gasteiger partial charge in [0.25, 0.3) is 0 Å². The fraction of sp³-hybridized carbons (Fsp3) is 1.00. The van der Waals surface area contributed by atoms with Gasteiger partial charge in [-0.05, 0) is 6.42 Å². The van der Waals surface area contributed by atoms with Crippen molar-refractivity contribution in [1.29, 1.82) is 0 Å². The van der Waals surface area contributed by atoms with Crippen LogP contribution in [0.5, 0.6) is 0 Å². The third-order valence-electron chi connectivity index (χ3n) is 1.69. The van der Waals surface area contributed by atoms with E-state index in [2.05, 4.69) is 0 Å². The predicted molar refractivity (Wildman–Crippen MR) is 47.9 cm³/mol. The zero-order valence-corrected chi connectivity index (χ0v) is 8.00. The van der Waals surface area contributed by atoms with Crippen LogP contribution in [0.15, 0.2) is 0 Å². The zero-order chi connectivity index (χ0) is 9.19. The minimum Gasteiger partial charge on any atom is -0.379 e. The SMILES string of the molecule is C1COCCOCCOCCOC1. The van der Waals surface area contributed by atoms with Crippen LogP contribution >= 0.6 is 0 Å². The summed E-state index contributed by atoms with van der Waals surface area (Å²) in [6.07, 6.45) is 0.944. The molecule has 0 aromatic heterocycles. The van der Waals surface area contributed by atoms with Gasteiger partial charge < -0.3 is 18.9 Å². The number of hydrogen-bond donors (Lipinski definition) is 0. The van der Waals surface area contributed by atoms with Gasteiger partial charge in [-0.3, -0.25) is 0 Å². The molecule has 0 atom stereocenters. The number of hydrogen-bond acceptors (Lipinski definition) is 4. The van der Waals surface area contributed by atoms with Crippen molar-refractivity contribution in [3.8, 4) is 0 Å². The lowest BCUT2D eigenvalue weighted by Crippen LogP contribution is -2.10. The van der Waals surface area contributed by atoms with Gasteiger partial charge in [0.05, 0.1) is 39.6 Å². The van der Waals surface area contributed by atoms with Gasteiger partial charge in [-0.2, -0.15) is 0 Å². The second kappa shape index (κ2) is 8.44. The van der Waals surface area contributed by atoms with E-state index in [9.17, 15) is 0 Å². The summed E-state index contributed by atoms with van der Waals surface area (Å²) in [6.45, 7) is 5.44. The maximum absolute atomic E-state index is 5.30. The average Bonchev–Trinajstić information content (AvgIpc) is 2.18. The average molecular weight is 190 g/mol. The first-order valence-electron chi connectivity index (χ1n) is 4.81. The molecule has 1 rings (SSSR count). The highest BCUT2D eigenvalue weighted by Crippen LogP contribution is 1.88. The Bertz CT molecular complexity index is 59.7. The lowest BCUT2D eigenvalue weighted by Gasteiger charge is -2.04. The molecule has 4 heteroatoms. The lowest BCUT2D eigenvalue weighted by atomic mass is 10.5. The molecular weight excluding hydrogens is 172 g/mol. The Morgan fingerprint density at radius 1 is 0.385 bits per heavy atom. The summed E-state index contributed by atoms with van der Waals surface area (Å²) < 4.78 is 21.1. The summed E-state index contributed by atoms with van der Waals surface area (Å²) in [5, 5.41) is 0. The topological polar surface area (TPSA) is 36.9 Å². The molecular formula is C9H18O4. The molecule has 4 nitrogen and oxygen atoms in total. The van der Waals surface area contributed by atoms with Crippen molar-refractivity contribution in [3.05, 3.63) is 0 Å². The molecule has 0 N–H and O–H groups in total. The predicted octanol–water partition coefficient (Wildman–Crippen LogP) is 0.456. The van der Waals surface area contributed by atoms with Crippen LogP contribution in [0.4, 0.5) is 0 Å². The summed E-state index contributed by atoms with van der Waals surface area (Å²) in [5.41, 5.74) is 0. The summed E-state index contributed by atoms with van der Waals surface area (Å²) in [4.78, 5) is 0. The first-order valence-corrected chi connectivity index (χ1v) is 4.81. The van der Waals surface area contributed by atoms with Gasteiger partial charge >= 0.3 is 0 Å². The van der Waals surface area contributed by atoms with E-state index in [1.807, 2.05) is 0 Å². The Labute approximate surface area is 79.1 Å². The van der Waals surface area contributed by atoms with E-state index >= 15 is 0 Å². The number of ether oxygens (including phenoxy) is 4. The van der Waals surface area contributed by atoms with E-state index < -0.39 is 0 Å². The van der Waals surface area contributed by atoms with Crippen molar-refractivity contribution in [2.75, 3.05) is 52.9 Å². The quantitative estimate of drug-likeness (QED) is 0.556. The monoisotopic (exact) mass is 190 g/mol. The van der Waals surface area contributed by atoms with Gasteiger partial charge in [-0.25, -0.2) is 0 Å². The maximum atomic E-state index is 5.30. The molecule has 0 unspecified atom stereocenters. The van der Waals surface area contributed by atoms with E-state index in [1.165, 1.54) is 0 Å². The Balaban J connectivity index is 2.01. The van der Waals surface area contributed by atoms with E-state index in [0.717, 1.165) is 19.6 Å². The van der Waals surface area contributed by atoms with Crippen molar-refractivity contribution in [1.82, 2.24) is 0 Å². The van der Waals surface area contributed by atoms with Gasteiger partial charge in [0.15, 0.2) is 0 Å². The molecule has 0 aliphatic carbocycles. The van der Waals surface area contributed by atoms with Crippen molar-refractivity contribution in [3.63, 3.8) is 0 Å². The first-order chi connectivity index (χ1) is 6.50. The van der Waals surface area contributed by atoms with Crippen LogP contribution < -0.4 is 0 Å². The smallest absolute Gasteiger partial charge is 0.0701 e. The van der Waals surface area contributed by atoms with Crippen LogP contribution in [0.3, 0.4) is 0 Å². The fourth-order valence-corrected chi connectivity index (χ4v) is 1.02. The second-order valence-corrected chi connectivity index (χ2v) is 2.80. The van der Waals surface area contributed by atoms with Crippen LogP contribution in [-0.2, 0) is 18.9 Å². The molecule has 0 amide bonds. The summed E-state index contributed by atoms with van der Waals surface area (Å²) in [6, 6.07) is 0. The van der Waals surface area contributed by atoms with Crippen LogP contribution in [0.2, 0.25) is 0 Å². The third-order valence-corrected chi connectivity index (χ3v) is 1.69. The van der Waals surface area contributed by atoms with Crippen LogP contribution in [0, 0.1) is 0 Å². The molecule has 0 radical (unpaired) electrons. The standard InChI is InChI=1S/C9H18O4/c1-2-10-4-6-12-8-9-13-7-5-11-3-1/h1-9H2. The van der Waals surface area contributed by atoms with Gasteiger partial charge in [0.2, 0.25) is 0 Å². The molecule has 78 valence electrons. The van der Waals surface area contributed by atoms with Crippen LogP contribution in [0.1, 0.15) is 6.42 Å². The van der Waals surface area contributed by atoms with Crippen molar-refractivity contribution in [2.24, 2.45) is 0 Å². The number of rotatable bonds is 0. The second-order valence-electron chi connectivity index (χ2n) is 2.80. The lowest BCUT2D eigenvalue weighted by molar-refractivity contribution is 0.0106. The van der Waals surface area contributed by atoms with Crippen molar-refractivity contribution in [2.45, 2.75) is 6.42 Å². The highest BCUT2D eigenvalue weighted by molar-refractivity contribution is 4.39. The van der Waals surface area contributed by atoms with E-state index in [0.29, 0.717) is 39.6 Å². The molecule has 0 aromatic carbocycles. The molecule has 0 aromatic rings. The largest absolute Gasteiger partial charge is 0.379 e. The molecule has 13 heavy (non-hydrogen) atoms. The Hall–Kier alpha value is -0.160. The highest BCUT2D eigenvalue weighted by Gasteiger charge is 1.95. The minimum atomic E-state index is 0.642. The molecule has 0 bridgehead atoms. The van der Waals surface area contributed by atoms with Gasteiger partial charge in [0, 0.05) is 13.2 Å². The maximum Gasteiger partial charge on any atom is 0.0701 e. The van der Waals surface area contributed by atoms with E-state index in [-0.39, 0.29) is 0 Å². The van der Waals surface area contributed by atoms with Gasteiger partial charge in [-0.1, -0.05) is 0 Å². The molecule has 1 fully saturated rings. The Kier molecular flexibility index (Phi) is 7.09. The highest BCUT2D eigenvalue weighted by atomic mass is 16.6. The van der Waals surface area contributed by atoms with Crippen LogP contribution in [-0.4, -0.2) is 52.9 Å². The molecule has 0 spiro atoms. The molecule has 0 saturated carbocycles. The van der Waals surface area contributed by atoms with Gasteiger partial charge in [-0.15, -0.1) is 0 Å². The van der Waals surface area contributed by atoms with E-state index in [4.69, 9.17) is 18.9 Å². The third kappa shape index (κ3) is 6.95. The summed E-state index contributed by atoms with van der Waals surface area (Å²) in [7, 11) is 0. The normalized spacial score (nSPS) is 24.0. The Morgan fingerprint density at radius 2 is 0.692 bits per heavy atom. The van der Waals surface area contributed by atoms with Crippen molar-refractivity contribution < 1.29 is 18.9 Å². The summed E-state index contributed by atoms with van der Waals surface area (Å²) >= 11 is 0. The molecule has 1 heterocycles. The van der Waals surface area contributed by atoms with Crippen molar-refractivity contribution >= 4 is 0 Å². The molecule has 1 aliphatic heterocycles. The summed E-state index contributed by atoms with van der Waals surface area (Å²) in [5.74, 6) is 0. The molecule has 1 aliphatic rings. The molecule has 1 saturated heterocycles. The minimum absolute atomic E-state index is 0.642. The zero-order valence-electron chi connectivity index (χ0n) is 8.00. The fourth-order valence-electron chi connectivity index (χ4n) is 1.02. The first kappa shape index (κ1) is 10.9. The van der Waals surface area contributed by atoms with Gasteiger partial charge in [0.1, 0.15) is 0 Å².